The topological polar surface area (TPSA) is 79.3 Å². The van der Waals surface area contributed by atoms with Gasteiger partial charge in [-0.05, 0) is 31.1 Å². The van der Waals surface area contributed by atoms with E-state index in [1.807, 2.05) is 0 Å². The van der Waals surface area contributed by atoms with Crippen LogP contribution in [0, 0.1) is 0 Å². The van der Waals surface area contributed by atoms with Crippen LogP contribution in [0.15, 0.2) is 30.1 Å². The van der Waals surface area contributed by atoms with Gasteiger partial charge < -0.3 is 9.84 Å². The smallest absolute Gasteiger partial charge is 0.872 e. The van der Waals surface area contributed by atoms with Gasteiger partial charge in [0, 0.05) is 12.4 Å². The molecule has 1 heterocycles. The molecular weight excluding hydrogens is 229 g/mol. The van der Waals surface area contributed by atoms with Crippen molar-refractivity contribution in [1.29, 1.82) is 0 Å². The Bertz CT molecular complexity index is 456. The van der Waals surface area contributed by atoms with Crippen molar-refractivity contribution in [2.24, 2.45) is 0 Å². The van der Waals surface area contributed by atoms with Crippen molar-refractivity contribution < 1.29 is 38.3 Å². The minimum Gasteiger partial charge on any atom is -0.872 e. The summed E-state index contributed by atoms with van der Waals surface area (Å²) in [5.74, 6) is -2.45. The van der Waals surface area contributed by atoms with E-state index in [0.29, 0.717) is 0 Å². The molecule has 0 bridgehead atoms. The van der Waals surface area contributed by atoms with Gasteiger partial charge >= 0.3 is 24.8 Å². The van der Waals surface area contributed by atoms with Crippen molar-refractivity contribution >= 4 is 17.5 Å². The number of ether oxygens (including phenoxy) is 1. The van der Waals surface area contributed by atoms with Crippen LogP contribution in [-0.2, 0) is 14.3 Å². The number of hydrogen-bond donors (Lipinski definition) is 0. The maximum absolute atomic E-state index is 11.8. The number of esters is 1. The molecule has 0 unspecified atom stereocenters. The van der Waals surface area contributed by atoms with E-state index in [1.54, 1.807) is 13.0 Å². The Balaban J connectivity index is 0.00000289. The molecule has 0 saturated carbocycles. The van der Waals surface area contributed by atoms with Gasteiger partial charge in [0.15, 0.2) is 0 Å². The molecule has 18 heavy (non-hydrogen) atoms. The molecule has 0 spiro atoms. The van der Waals surface area contributed by atoms with Gasteiger partial charge in [0.05, 0.1) is 6.61 Å². The number of carbonyl (C=O) groups is 2. The summed E-state index contributed by atoms with van der Waals surface area (Å²) >= 11 is 0. The average Bonchev–Trinajstić information content (AvgIpc) is 2.37. The summed E-state index contributed by atoms with van der Waals surface area (Å²) in [6.07, 6.45) is 2.85. The fourth-order valence-corrected chi connectivity index (χ4v) is 1.17. The van der Waals surface area contributed by atoms with E-state index in [1.165, 1.54) is 25.4 Å². The fraction of sp³-hybridized carbons (Fsp3) is 0.250. The number of Topliss-reactive ketones (excluding diaryl/α,β-unsaturated/α-hetero) is 1. The molecule has 1 aromatic heterocycles. The molecule has 0 N–H and O–H groups in total. The number of ketones is 1. The molecule has 0 saturated heterocycles. The van der Waals surface area contributed by atoms with E-state index in [4.69, 9.17) is 0 Å². The monoisotopic (exact) mass is 241 g/mol. The predicted octanol–water partition coefficient (Wildman–Crippen LogP) is -2.69. The summed E-state index contributed by atoms with van der Waals surface area (Å²) in [5, 5.41) is 11.8. The molecule has 0 radical (unpaired) electrons. The van der Waals surface area contributed by atoms with Crippen LogP contribution >= 0.6 is 0 Å². The second kappa shape index (κ2) is 7.70. The first-order valence-electron chi connectivity index (χ1n) is 5.07. The van der Waals surface area contributed by atoms with Crippen molar-refractivity contribution in [2.45, 2.75) is 13.8 Å². The largest absolute Gasteiger partial charge is 1.00 e. The number of hydrogen-bond acceptors (Lipinski definition) is 5. The Kier molecular flexibility index (Phi) is 7.02. The zero-order valence-corrected chi connectivity index (χ0v) is 10.6. The van der Waals surface area contributed by atoms with Gasteiger partial charge in [0.2, 0.25) is 0 Å². The van der Waals surface area contributed by atoms with E-state index < -0.39 is 17.5 Å². The van der Waals surface area contributed by atoms with Crippen molar-refractivity contribution in [2.75, 3.05) is 6.61 Å². The van der Waals surface area contributed by atoms with Crippen LogP contribution in [0.4, 0.5) is 0 Å². The Labute approximate surface area is 117 Å². The number of carbonyl (C=O) groups excluding carboxylic acids is 2. The van der Waals surface area contributed by atoms with Crippen molar-refractivity contribution in [3.63, 3.8) is 0 Å². The van der Waals surface area contributed by atoms with Crippen LogP contribution in [0.1, 0.15) is 19.4 Å². The molecule has 90 valence electrons. The standard InChI is InChI=1S/C12H13NO4.Li/c1-3-17-12(16)11(15)8(2)10(14)9-5-4-6-13-7-9;/h4-7,14H,3H2,1-2H3;/q;+1/p-1. The van der Waals surface area contributed by atoms with Gasteiger partial charge in [0.1, 0.15) is 0 Å². The van der Waals surface area contributed by atoms with E-state index in [-0.39, 0.29) is 36.6 Å². The zero-order chi connectivity index (χ0) is 12.8. The van der Waals surface area contributed by atoms with Gasteiger partial charge in [-0.25, -0.2) is 4.79 Å². The molecule has 1 rings (SSSR count). The molecule has 6 heteroatoms. The molecule has 1 aromatic rings. The normalized spacial score (nSPS) is 11.0. The van der Waals surface area contributed by atoms with Crippen molar-refractivity contribution in [3.05, 3.63) is 35.7 Å². The van der Waals surface area contributed by atoms with E-state index >= 15 is 0 Å². The number of nitrogens with zero attached hydrogens (tertiary/aromatic N) is 1. The van der Waals surface area contributed by atoms with Crippen LogP contribution in [0.5, 0.6) is 0 Å². The second-order valence-corrected chi connectivity index (χ2v) is 3.25. The second-order valence-electron chi connectivity index (χ2n) is 3.25. The first-order chi connectivity index (χ1) is 8.07. The third kappa shape index (κ3) is 4.02. The van der Waals surface area contributed by atoms with Gasteiger partial charge in [-0.1, -0.05) is 11.8 Å². The predicted molar refractivity (Wildman–Crippen MR) is 58.5 cm³/mol. The van der Waals surface area contributed by atoms with Crippen LogP contribution in [0.3, 0.4) is 0 Å². The average molecular weight is 241 g/mol. The summed E-state index contributed by atoms with van der Waals surface area (Å²) in [7, 11) is 0. The van der Waals surface area contributed by atoms with Gasteiger partial charge in [-0.2, -0.15) is 0 Å². The maximum Gasteiger partial charge on any atom is 1.00 e. The molecule has 0 aliphatic carbocycles. The quantitative estimate of drug-likeness (QED) is 0.188. The van der Waals surface area contributed by atoms with Crippen LogP contribution in [0.25, 0.3) is 5.76 Å². The molecule has 0 aromatic carbocycles. The Hall–Kier alpha value is -1.57. The van der Waals surface area contributed by atoms with Crippen LogP contribution < -0.4 is 24.0 Å². The van der Waals surface area contributed by atoms with Crippen molar-refractivity contribution in [1.82, 2.24) is 4.98 Å². The molecule has 0 atom stereocenters. The third-order valence-electron chi connectivity index (χ3n) is 2.07. The van der Waals surface area contributed by atoms with Gasteiger partial charge in [-0.15, -0.1) is 0 Å². The van der Waals surface area contributed by atoms with E-state index in [9.17, 15) is 14.7 Å². The van der Waals surface area contributed by atoms with E-state index in [0.717, 1.165) is 0 Å². The molecule has 0 amide bonds. The molecular formula is C12H12LiNO4. The molecule has 0 aliphatic rings. The minimum absolute atomic E-state index is 0. The van der Waals surface area contributed by atoms with Gasteiger partial charge in [0.25, 0.3) is 5.78 Å². The SMILES string of the molecule is CCOC(=O)C(=O)C(C)=C([O-])c1cccnc1.[Li+]. The first kappa shape index (κ1) is 16.4. The number of pyridine rings is 1. The van der Waals surface area contributed by atoms with Crippen LogP contribution in [-0.4, -0.2) is 23.3 Å². The summed E-state index contributed by atoms with van der Waals surface area (Å²) < 4.78 is 4.53. The maximum atomic E-state index is 11.8. The molecule has 5 nitrogen and oxygen atoms in total. The summed E-state index contributed by atoms with van der Waals surface area (Å²) in [5.41, 5.74) is 0.0964. The Morgan fingerprint density at radius 2 is 2.11 bits per heavy atom. The fourth-order valence-electron chi connectivity index (χ4n) is 1.17. The number of rotatable bonds is 4. The summed E-state index contributed by atoms with van der Waals surface area (Å²) in [4.78, 5) is 26.4. The zero-order valence-electron chi connectivity index (χ0n) is 10.6. The van der Waals surface area contributed by atoms with Gasteiger partial charge in [-0.3, -0.25) is 9.78 Å². The first-order valence-corrected chi connectivity index (χ1v) is 5.07. The number of aromatic nitrogens is 1. The Morgan fingerprint density at radius 3 is 2.61 bits per heavy atom. The summed E-state index contributed by atoms with van der Waals surface area (Å²) in [6.45, 7) is 2.98. The Morgan fingerprint density at radius 1 is 1.44 bits per heavy atom. The summed E-state index contributed by atoms with van der Waals surface area (Å²) in [6, 6.07) is 3.10. The third-order valence-corrected chi connectivity index (χ3v) is 2.07. The van der Waals surface area contributed by atoms with Crippen molar-refractivity contribution in [3.8, 4) is 0 Å². The van der Waals surface area contributed by atoms with E-state index in [2.05, 4.69) is 9.72 Å². The molecule has 0 fully saturated rings. The van der Waals surface area contributed by atoms with Crippen LogP contribution in [0.2, 0.25) is 0 Å². The minimum atomic E-state index is -1.01. The molecule has 0 aliphatic heterocycles.